The highest BCUT2D eigenvalue weighted by molar-refractivity contribution is 5.79. The molecule has 2 amide bonds. The first-order chi connectivity index (χ1) is 18.8. The number of ether oxygens (including phenoxy) is 2. The SMILES string of the molecule is CC.CCOC(=O)C(C)(C)Oc1ccc(CCC[C@H]2CN(CC3=CC=C(C(F)(F)F)CCC3)C(=O)N2C)cc1C. The van der Waals surface area contributed by atoms with E-state index in [9.17, 15) is 22.8 Å². The molecule has 1 aliphatic heterocycles. The second kappa shape index (κ2) is 14.6. The number of carbonyl (C=O) groups excluding carboxylic acids is 2. The molecule has 0 bridgehead atoms. The highest BCUT2D eigenvalue weighted by atomic mass is 19.4. The fraction of sp³-hybridized carbons (Fsp3) is 0.613. The van der Waals surface area contributed by atoms with Crippen molar-refractivity contribution in [3.63, 3.8) is 0 Å². The zero-order valence-electron chi connectivity index (χ0n) is 25.0. The number of halogens is 3. The van der Waals surface area contributed by atoms with Crippen LogP contribution in [0.25, 0.3) is 0 Å². The number of esters is 1. The standard InChI is InChI=1S/C29H39F3N2O4.C2H6/c1-6-37-26(35)28(3,4)38-25-16-14-21(17-20(25)2)9-8-12-24-19-34(27(36)33(24)5)18-22-10-7-11-23(15-13-22)29(30,31)32;1-2/h13-17,24H,6-12,18-19H2,1-5H3;1-2H3/t24-;/m0./s1. The van der Waals surface area contributed by atoms with Crippen molar-refractivity contribution >= 4 is 12.0 Å². The summed E-state index contributed by atoms with van der Waals surface area (Å²) in [4.78, 5) is 28.4. The van der Waals surface area contributed by atoms with Crippen LogP contribution in [0.3, 0.4) is 0 Å². The Morgan fingerprint density at radius 1 is 1.12 bits per heavy atom. The lowest BCUT2D eigenvalue weighted by Crippen LogP contribution is -2.39. The lowest BCUT2D eigenvalue weighted by atomic mass is 10.0. The molecule has 9 heteroatoms. The van der Waals surface area contributed by atoms with Gasteiger partial charge in [0.05, 0.1) is 12.6 Å². The minimum Gasteiger partial charge on any atom is -0.476 e. The van der Waals surface area contributed by atoms with E-state index in [1.807, 2.05) is 39.0 Å². The Labute approximate surface area is 237 Å². The van der Waals surface area contributed by atoms with Gasteiger partial charge in [0, 0.05) is 25.7 Å². The van der Waals surface area contributed by atoms with E-state index in [0.717, 1.165) is 36.0 Å². The van der Waals surface area contributed by atoms with Crippen LogP contribution in [-0.4, -0.2) is 66.4 Å². The van der Waals surface area contributed by atoms with E-state index in [0.29, 0.717) is 38.3 Å². The summed E-state index contributed by atoms with van der Waals surface area (Å²) < 4.78 is 50.1. The number of hydrogen-bond acceptors (Lipinski definition) is 4. The molecule has 0 unspecified atom stereocenters. The molecule has 1 heterocycles. The van der Waals surface area contributed by atoms with Gasteiger partial charge in [-0.1, -0.05) is 43.7 Å². The van der Waals surface area contributed by atoms with Gasteiger partial charge in [-0.05, 0) is 83.4 Å². The van der Waals surface area contributed by atoms with E-state index in [1.54, 1.807) is 43.7 Å². The van der Waals surface area contributed by atoms with Gasteiger partial charge in [0.25, 0.3) is 0 Å². The van der Waals surface area contributed by atoms with Crippen LogP contribution < -0.4 is 4.74 Å². The van der Waals surface area contributed by atoms with Gasteiger partial charge in [-0.3, -0.25) is 0 Å². The summed E-state index contributed by atoms with van der Waals surface area (Å²) in [6.07, 6.45) is 1.94. The molecule has 1 saturated heterocycles. The van der Waals surface area contributed by atoms with Gasteiger partial charge in [-0.25, -0.2) is 9.59 Å². The van der Waals surface area contributed by atoms with Crippen LogP contribution in [0, 0.1) is 6.92 Å². The Balaban J connectivity index is 0.00000274. The van der Waals surface area contributed by atoms with Crippen LogP contribution >= 0.6 is 0 Å². The number of urea groups is 1. The van der Waals surface area contributed by atoms with E-state index in [-0.39, 0.29) is 18.5 Å². The van der Waals surface area contributed by atoms with Gasteiger partial charge < -0.3 is 19.3 Å². The molecule has 2 aliphatic rings. The molecule has 40 heavy (non-hydrogen) atoms. The first kappa shape index (κ1) is 33.2. The van der Waals surface area contributed by atoms with Crippen molar-refractivity contribution in [2.45, 2.75) is 97.9 Å². The van der Waals surface area contributed by atoms with Crippen LogP contribution in [0.5, 0.6) is 5.75 Å². The van der Waals surface area contributed by atoms with E-state index < -0.39 is 23.3 Å². The number of rotatable bonds is 10. The number of likely N-dealkylation sites (N-methyl/N-ethyl adjacent to an activating group) is 1. The summed E-state index contributed by atoms with van der Waals surface area (Å²) in [5.74, 6) is 0.221. The molecule has 1 atom stereocenters. The summed E-state index contributed by atoms with van der Waals surface area (Å²) in [6.45, 7) is 12.3. The minimum absolute atomic E-state index is 0.00963. The Hall–Kier alpha value is -2.97. The van der Waals surface area contributed by atoms with Gasteiger partial charge in [-0.15, -0.1) is 0 Å². The molecule has 0 aromatic heterocycles. The van der Waals surface area contributed by atoms with Crippen molar-refractivity contribution in [2.75, 3.05) is 26.7 Å². The highest BCUT2D eigenvalue weighted by Gasteiger charge is 2.36. The molecule has 0 radical (unpaired) electrons. The Morgan fingerprint density at radius 2 is 1.82 bits per heavy atom. The number of hydrogen-bond donors (Lipinski definition) is 0. The summed E-state index contributed by atoms with van der Waals surface area (Å²) in [5, 5.41) is 0. The van der Waals surface area contributed by atoms with Crippen molar-refractivity contribution in [1.29, 1.82) is 0 Å². The smallest absolute Gasteiger partial charge is 0.412 e. The number of amides is 2. The highest BCUT2D eigenvalue weighted by Crippen LogP contribution is 2.33. The predicted molar refractivity (Wildman–Crippen MR) is 151 cm³/mol. The summed E-state index contributed by atoms with van der Waals surface area (Å²) in [7, 11) is 1.79. The third-order valence-electron chi connectivity index (χ3n) is 7.15. The van der Waals surface area contributed by atoms with Gasteiger partial charge in [0.1, 0.15) is 5.75 Å². The largest absolute Gasteiger partial charge is 0.476 e. The monoisotopic (exact) mass is 566 g/mol. The molecule has 1 fully saturated rings. The second-order valence-electron chi connectivity index (χ2n) is 10.6. The van der Waals surface area contributed by atoms with Gasteiger partial charge in [0.2, 0.25) is 0 Å². The van der Waals surface area contributed by atoms with Crippen molar-refractivity contribution in [1.82, 2.24) is 9.80 Å². The first-order valence-electron chi connectivity index (χ1n) is 14.2. The van der Waals surface area contributed by atoms with Gasteiger partial charge in [-0.2, -0.15) is 13.2 Å². The zero-order valence-corrected chi connectivity index (χ0v) is 25.0. The van der Waals surface area contributed by atoms with Crippen LogP contribution in [0.2, 0.25) is 0 Å². The van der Waals surface area contributed by atoms with E-state index in [2.05, 4.69) is 0 Å². The normalized spacial score (nSPS) is 17.9. The van der Waals surface area contributed by atoms with Crippen molar-refractivity contribution in [3.8, 4) is 5.75 Å². The molecule has 6 nitrogen and oxygen atoms in total. The molecule has 0 saturated carbocycles. The predicted octanol–water partition coefficient (Wildman–Crippen LogP) is 7.40. The van der Waals surface area contributed by atoms with E-state index in [1.165, 1.54) is 6.08 Å². The van der Waals surface area contributed by atoms with Crippen molar-refractivity contribution < 1.29 is 32.2 Å². The molecular formula is C31H45F3N2O4. The second-order valence-corrected chi connectivity index (χ2v) is 10.6. The van der Waals surface area contributed by atoms with Crippen LogP contribution in [0.1, 0.15) is 77.8 Å². The maximum Gasteiger partial charge on any atom is 0.412 e. The van der Waals surface area contributed by atoms with Crippen molar-refractivity contribution in [2.24, 2.45) is 0 Å². The Morgan fingerprint density at radius 3 is 2.45 bits per heavy atom. The molecule has 3 rings (SSSR count). The number of nitrogens with zero attached hydrogens (tertiary/aromatic N) is 2. The molecule has 1 aromatic carbocycles. The fourth-order valence-corrected chi connectivity index (χ4v) is 4.90. The number of benzene rings is 1. The Kier molecular flexibility index (Phi) is 12.1. The van der Waals surface area contributed by atoms with E-state index >= 15 is 0 Å². The molecule has 1 aliphatic carbocycles. The molecule has 0 spiro atoms. The van der Waals surface area contributed by atoms with Crippen LogP contribution in [-0.2, 0) is 16.0 Å². The van der Waals surface area contributed by atoms with Crippen LogP contribution in [0.4, 0.5) is 18.0 Å². The average Bonchev–Trinajstić information content (AvgIpc) is 3.05. The summed E-state index contributed by atoms with van der Waals surface area (Å²) in [5.41, 5.74) is 1.34. The molecule has 0 N–H and O–H groups in total. The number of allylic oxidation sites excluding steroid dienone is 3. The summed E-state index contributed by atoms with van der Waals surface area (Å²) in [6, 6.07) is 5.89. The third kappa shape index (κ3) is 9.03. The lowest BCUT2D eigenvalue weighted by Gasteiger charge is -2.25. The average molecular weight is 567 g/mol. The zero-order chi connectivity index (χ0) is 30.1. The quantitative estimate of drug-likeness (QED) is 0.277. The maximum atomic E-state index is 13.0. The maximum absolute atomic E-state index is 13.0. The van der Waals surface area contributed by atoms with Crippen LogP contribution in [0.15, 0.2) is 41.5 Å². The molecule has 224 valence electrons. The van der Waals surface area contributed by atoms with E-state index in [4.69, 9.17) is 9.47 Å². The lowest BCUT2D eigenvalue weighted by molar-refractivity contribution is -0.158. The first-order valence-corrected chi connectivity index (χ1v) is 14.2. The number of alkyl halides is 3. The number of carbonyl (C=O) groups is 2. The minimum atomic E-state index is -4.30. The van der Waals surface area contributed by atoms with Gasteiger partial charge >= 0.3 is 18.2 Å². The number of aryl methyl sites for hydroxylation is 2. The van der Waals surface area contributed by atoms with Crippen molar-refractivity contribution in [3.05, 3.63) is 52.6 Å². The topological polar surface area (TPSA) is 59.1 Å². The Bertz CT molecular complexity index is 1080. The molecular weight excluding hydrogens is 521 g/mol. The third-order valence-corrected chi connectivity index (χ3v) is 7.15. The molecule has 1 aromatic rings. The summed E-state index contributed by atoms with van der Waals surface area (Å²) >= 11 is 0. The fourth-order valence-electron chi connectivity index (χ4n) is 4.90. The van der Waals surface area contributed by atoms with Gasteiger partial charge in [0.15, 0.2) is 5.60 Å².